The predicted octanol–water partition coefficient (Wildman–Crippen LogP) is 10.2. The van der Waals surface area contributed by atoms with E-state index in [1.165, 1.54) is 115 Å². The molecule has 31 heavy (non-hydrogen) atoms. The summed E-state index contributed by atoms with van der Waals surface area (Å²) >= 11 is 9.74. The number of rotatable bonds is 16. The van der Waals surface area contributed by atoms with E-state index in [2.05, 4.69) is 55.4 Å². The molecule has 0 aliphatic carbocycles. The van der Waals surface area contributed by atoms with Gasteiger partial charge in [0.25, 0.3) is 0 Å². The first-order valence-corrected chi connectivity index (χ1v) is 14.1. The van der Waals surface area contributed by atoms with Crippen molar-refractivity contribution in [2.75, 3.05) is 11.5 Å². The van der Waals surface area contributed by atoms with Crippen molar-refractivity contribution in [3.05, 3.63) is 11.8 Å². The zero-order chi connectivity index (χ0) is 23.9. The zero-order valence-electron chi connectivity index (χ0n) is 23.0. The largest absolute Gasteiger partial charge is 2.00 e. The molecule has 4 radical (unpaired) electrons. The average Bonchev–Trinajstić information content (AvgIpc) is 2.66. The Morgan fingerprint density at radius 3 is 0.710 bits per heavy atom. The van der Waals surface area contributed by atoms with Crippen LogP contribution in [0.15, 0.2) is 0 Å². The molecule has 0 bridgehead atoms. The van der Waals surface area contributed by atoms with E-state index in [4.69, 9.17) is 25.3 Å². The van der Waals surface area contributed by atoms with Crippen molar-refractivity contribution in [1.29, 1.82) is 0 Å². The summed E-state index contributed by atoms with van der Waals surface area (Å²) in [6.07, 6.45) is 22.2. The fraction of sp³-hybridized carbons (Fsp3) is 0.929. The van der Waals surface area contributed by atoms with Crippen LogP contribution in [0.4, 0.5) is 0 Å². The third-order valence-corrected chi connectivity index (χ3v) is 4.57. The molecule has 0 aliphatic heterocycles. The summed E-state index contributed by atoms with van der Waals surface area (Å²) in [5.41, 5.74) is 0. The molecule has 0 N–H and O–H groups in total. The third kappa shape index (κ3) is 89.5. The number of hydrogen-bond donors (Lipinski definition) is 0. The molecule has 0 rings (SSSR count). The maximum atomic E-state index is 4.87. The van der Waals surface area contributed by atoms with E-state index in [0.29, 0.717) is 0 Å². The van der Waals surface area contributed by atoms with Crippen LogP contribution in [0.25, 0.3) is 0 Å². The molecule has 0 aromatic rings. The molecule has 0 unspecified atom stereocenters. The van der Waals surface area contributed by atoms with Crippen molar-refractivity contribution in [2.45, 2.75) is 158 Å². The Labute approximate surface area is 229 Å². The van der Waals surface area contributed by atoms with Gasteiger partial charge in [0.15, 0.2) is 0 Å². The minimum Gasteiger partial charge on any atom is -0.793 e. The van der Waals surface area contributed by atoms with Crippen LogP contribution in [0.2, 0.25) is 0 Å². The van der Waals surface area contributed by atoms with Crippen LogP contribution in [0, 0.1) is 11.8 Å². The second-order valence-corrected chi connectivity index (χ2v) is 10.2. The molecule has 0 heterocycles. The van der Waals surface area contributed by atoms with E-state index in [0.717, 1.165) is 11.5 Å². The van der Waals surface area contributed by atoms with Crippen LogP contribution in [0.1, 0.15) is 158 Å². The Morgan fingerprint density at radius 2 is 0.548 bits per heavy atom. The summed E-state index contributed by atoms with van der Waals surface area (Å²) < 4.78 is 0. The number of unbranched alkanes of at least 4 members (excludes halogenated alkanes) is 14. The fourth-order valence-electron chi connectivity index (χ4n) is 2.47. The van der Waals surface area contributed by atoms with Crippen LogP contribution in [-0.2, 0) is 25.3 Å². The minimum atomic E-state index is 0. The summed E-state index contributed by atoms with van der Waals surface area (Å²) in [5.74, 6) is 4.74. The molecule has 0 fully saturated rings. The van der Waals surface area contributed by atoms with Crippen molar-refractivity contribution in [2.24, 2.45) is 0 Å². The molecule has 0 nitrogen and oxygen atoms in total. The van der Waals surface area contributed by atoms with Crippen molar-refractivity contribution in [1.82, 2.24) is 0 Å². The average molecular weight is 580 g/mol. The van der Waals surface area contributed by atoms with Gasteiger partial charge in [-0.3, -0.25) is 0 Å². The van der Waals surface area contributed by atoms with Gasteiger partial charge in [-0.15, -0.1) is 0 Å². The van der Waals surface area contributed by atoms with Gasteiger partial charge in [-0.05, 0) is 11.8 Å². The molecule has 3 heteroatoms. The van der Waals surface area contributed by atoms with E-state index < -0.39 is 0 Å². The van der Waals surface area contributed by atoms with E-state index in [9.17, 15) is 0 Å². The van der Waals surface area contributed by atoms with E-state index in [1.807, 2.05) is 0 Å². The van der Waals surface area contributed by atoms with Crippen molar-refractivity contribution >= 4 is 49.2 Å². The van der Waals surface area contributed by atoms with E-state index in [-0.39, 0.29) is 23.9 Å². The monoisotopic (exact) mass is 580 g/mol. The number of hydrogen-bond acceptors (Lipinski definition) is 2. The van der Waals surface area contributed by atoms with Gasteiger partial charge in [-0.25, -0.2) is 0 Å². The third-order valence-electron chi connectivity index (χ3n) is 4.00. The SMILES string of the molecule is CCCCCCCCCC[S-].CCCCCCCCCC[S-].C[C](C)C.C[C](C)C.[Sn+2]. The molecule has 188 valence electrons. The van der Waals surface area contributed by atoms with Gasteiger partial charge >= 0.3 is 23.9 Å². The first kappa shape index (κ1) is 42.6. The second kappa shape index (κ2) is 45.1. The van der Waals surface area contributed by atoms with E-state index in [1.54, 1.807) is 0 Å². The Morgan fingerprint density at radius 1 is 0.387 bits per heavy atom. The molecule has 0 saturated heterocycles. The van der Waals surface area contributed by atoms with Gasteiger partial charge in [-0.1, -0.05) is 158 Å². The summed E-state index contributed by atoms with van der Waals surface area (Å²) in [4.78, 5) is 0. The zero-order valence-corrected chi connectivity index (χ0v) is 27.5. The molecule has 0 aliphatic rings. The molecule has 0 saturated carbocycles. The smallest absolute Gasteiger partial charge is 0.793 e. The summed E-state index contributed by atoms with van der Waals surface area (Å²) in [6.45, 7) is 17.0. The molecular weight excluding hydrogens is 519 g/mol. The Kier molecular flexibility index (Phi) is 62.0. The Bertz CT molecular complexity index is 188. The maximum absolute atomic E-state index is 4.87. The van der Waals surface area contributed by atoms with Crippen LogP contribution in [0.3, 0.4) is 0 Å². The summed E-state index contributed by atoms with van der Waals surface area (Å²) in [5, 5.41) is 0. The van der Waals surface area contributed by atoms with Crippen LogP contribution < -0.4 is 0 Å². The fourth-order valence-corrected chi connectivity index (χ4v) is 2.88. The van der Waals surface area contributed by atoms with Crippen LogP contribution in [0.5, 0.6) is 0 Å². The van der Waals surface area contributed by atoms with Crippen LogP contribution >= 0.6 is 0 Å². The Hall–Kier alpha value is 1.50. The quantitative estimate of drug-likeness (QED) is 0.101. The molecule has 0 spiro atoms. The predicted molar refractivity (Wildman–Crippen MR) is 156 cm³/mol. The summed E-state index contributed by atoms with van der Waals surface area (Å²) in [7, 11) is 0. The van der Waals surface area contributed by atoms with Gasteiger partial charge in [0.2, 0.25) is 0 Å². The molecule has 0 amide bonds. The first-order chi connectivity index (χ1) is 14.3. The van der Waals surface area contributed by atoms with Crippen molar-refractivity contribution < 1.29 is 0 Å². The van der Waals surface area contributed by atoms with Crippen molar-refractivity contribution in [3.63, 3.8) is 0 Å². The normalized spacial score (nSPS) is 9.68. The van der Waals surface area contributed by atoms with Gasteiger partial charge in [0, 0.05) is 0 Å². The van der Waals surface area contributed by atoms with Crippen LogP contribution in [-0.4, -0.2) is 35.4 Å². The van der Waals surface area contributed by atoms with Gasteiger partial charge in [0.05, 0.1) is 0 Å². The van der Waals surface area contributed by atoms with Gasteiger partial charge in [0.1, 0.15) is 0 Å². The summed E-state index contributed by atoms with van der Waals surface area (Å²) in [6, 6.07) is 0. The molecule has 0 atom stereocenters. The topological polar surface area (TPSA) is 0 Å². The minimum absolute atomic E-state index is 0. The maximum Gasteiger partial charge on any atom is 2.00 e. The standard InChI is InChI=1S/2C10H22S.2C4H9.Sn/c2*1-2-3-4-5-6-7-8-9-10-11;2*1-4(2)3;/h2*11H,2-10H2,1H3;2*1-3H3;/q;;;;+2/p-2. The van der Waals surface area contributed by atoms with E-state index >= 15 is 0 Å². The Balaban J connectivity index is -0.000000106. The van der Waals surface area contributed by atoms with Gasteiger partial charge in [-0.2, -0.15) is 11.5 Å². The first-order valence-electron chi connectivity index (χ1n) is 13.0. The second-order valence-electron chi connectivity index (χ2n) is 9.36. The molecule has 0 aromatic heterocycles. The molecular formula is C28H60S2Sn. The molecule has 0 aromatic carbocycles. The van der Waals surface area contributed by atoms with Crippen molar-refractivity contribution in [3.8, 4) is 0 Å². The van der Waals surface area contributed by atoms with Gasteiger partial charge < -0.3 is 25.3 Å².